The molecule has 1 amide bonds. The van der Waals surface area contributed by atoms with Gasteiger partial charge >= 0.3 is 0 Å². The third-order valence-electron chi connectivity index (χ3n) is 4.31. The van der Waals surface area contributed by atoms with Crippen LogP contribution >= 0.6 is 0 Å². The van der Waals surface area contributed by atoms with Crippen LogP contribution in [0.3, 0.4) is 0 Å². The maximum atomic E-state index is 12.7. The number of nitrogens with one attached hydrogen (secondary N) is 1. The number of hydrogen-bond donors (Lipinski definition) is 1. The summed E-state index contributed by atoms with van der Waals surface area (Å²) < 4.78 is 11.0. The minimum absolute atomic E-state index is 0.0285. The van der Waals surface area contributed by atoms with Crippen molar-refractivity contribution in [3.05, 3.63) is 59.5 Å². The van der Waals surface area contributed by atoms with Gasteiger partial charge in [-0.25, -0.2) is 0 Å². The van der Waals surface area contributed by atoms with Gasteiger partial charge in [-0.15, -0.1) is 0 Å². The third-order valence-corrected chi connectivity index (χ3v) is 4.31. The lowest BCUT2D eigenvalue weighted by Crippen LogP contribution is -2.36. The Morgan fingerprint density at radius 3 is 2.78 bits per heavy atom. The number of hydrogen-bond acceptors (Lipinski definition) is 3. The molecule has 2 heterocycles. The van der Waals surface area contributed by atoms with Crippen molar-refractivity contribution in [2.45, 2.75) is 38.2 Å². The topological polar surface area (TPSA) is 51.5 Å². The van der Waals surface area contributed by atoms with Gasteiger partial charge in [0.1, 0.15) is 5.76 Å². The van der Waals surface area contributed by atoms with Crippen LogP contribution in [-0.2, 0) is 16.0 Å². The molecule has 2 atom stereocenters. The van der Waals surface area contributed by atoms with Gasteiger partial charge < -0.3 is 14.5 Å². The summed E-state index contributed by atoms with van der Waals surface area (Å²) in [5, 5.41) is 3.04. The highest BCUT2D eigenvalue weighted by Crippen LogP contribution is 2.22. The first-order chi connectivity index (χ1) is 11.2. The fourth-order valence-corrected chi connectivity index (χ4v) is 2.93. The van der Waals surface area contributed by atoms with Crippen LogP contribution in [0.15, 0.2) is 47.1 Å². The number of carbonyl (C=O) groups is 1. The minimum Gasteiger partial charge on any atom is -0.469 e. The van der Waals surface area contributed by atoms with Crippen LogP contribution in [0.1, 0.15) is 35.6 Å². The molecule has 1 N–H and O–H groups in total. The summed E-state index contributed by atoms with van der Waals surface area (Å²) in [5.41, 5.74) is 2.20. The minimum atomic E-state index is -0.247. The Bertz CT molecular complexity index is 613. The van der Waals surface area contributed by atoms with Gasteiger partial charge in [0, 0.05) is 19.6 Å². The molecular weight excluding hydrogens is 290 g/mol. The number of amides is 1. The van der Waals surface area contributed by atoms with E-state index in [0.29, 0.717) is 13.0 Å². The van der Waals surface area contributed by atoms with Crippen LogP contribution in [-0.4, -0.2) is 25.2 Å². The molecule has 2 aromatic rings. The summed E-state index contributed by atoms with van der Waals surface area (Å²) in [6, 6.07) is 11.9. The lowest BCUT2D eigenvalue weighted by atomic mass is 9.93. The molecule has 1 aliphatic heterocycles. The standard InChI is InChI=1S/C19H23NO3/c1-14-6-8-15(9-7-14)18(12-16-4-2-10-22-16)19(21)20-13-17-5-3-11-23-17/h2,4,6-10,17-18H,3,5,11-13H2,1H3,(H,20,21). The Labute approximate surface area is 136 Å². The van der Waals surface area contributed by atoms with Crippen molar-refractivity contribution < 1.29 is 13.9 Å². The van der Waals surface area contributed by atoms with E-state index >= 15 is 0 Å². The highest BCUT2D eigenvalue weighted by Gasteiger charge is 2.24. The largest absolute Gasteiger partial charge is 0.469 e. The molecular formula is C19H23NO3. The van der Waals surface area contributed by atoms with Crippen molar-refractivity contribution in [3.63, 3.8) is 0 Å². The van der Waals surface area contributed by atoms with E-state index in [0.717, 1.165) is 30.8 Å². The predicted molar refractivity (Wildman–Crippen MR) is 88.3 cm³/mol. The number of aryl methyl sites for hydroxylation is 1. The van der Waals surface area contributed by atoms with E-state index in [1.807, 2.05) is 43.3 Å². The lowest BCUT2D eigenvalue weighted by molar-refractivity contribution is -0.123. The second-order valence-electron chi connectivity index (χ2n) is 6.13. The Morgan fingerprint density at radius 2 is 2.13 bits per heavy atom. The van der Waals surface area contributed by atoms with Gasteiger partial charge in [-0.1, -0.05) is 29.8 Å². The summed E-state index contributed by atoms with van der Waals surface area (Å²) in [4.78, 5) is 12.7. The van der Waals surface area contributed by atoms with E-state index in [1.54, 1.807) is 6.26 Å². The molecule has 4 nitrogen and oxygen atoms in total. The van der Waals surface area contributed by atoms with Crippen LogP contribution in [0.25, 0.3) is 0 Å². The molecule has 4 heteroatoms. The molecule has 23 heavy (non-hydrogen) atoms. The van der Waals surface area contributed by atoms with E-state index in [-0.39, 0.29) is 17.9 Å². The summed E-state index contributed by atoms with van der Waals surface area (Å²) in [7, 11) is 0. The SMILES string of the molecule is Cc1ccc(C(Cc2ccco2)C(=O)NCC2CCCO2)cc1. The first kappa shape index (κ1) is 15.8. The van der Waals surface area contributed by atoms with Crippen LogP contribution in [0.5, 0.6) is 0 Å². The highest BCUT2D eigenvalue weighted by molar-refractivity contribution is 5.84. The molecule has 1 saturated heterocycles. The average Bonchev–Trinajstić information content (AvgIpc) is 3.25. The Balaban J connectivity index is 1.70. The smallest absolute Gasteiger partial charge is 0.228 e. The predicted octanol–water partition coefficient (Wildman–Crippen LogP) is 3.21. The highest BCUT2D eigenvalue weighted by atomic mass is 16.5. The van der Waals surface area contributed by atoms with Crippen molar-refractivity contribution in [3.8, 4) is 0 Å². The Morgan fingerprint density at radius 1 is 1.30 bits per heavy atom. The van der Waals surface area contributed by atoms with Gasteiger partial charge in [0.2, 0.25) is 5.91 Å². The average molecular weight is 313 g/mol. The van der Waals surface area contributed by atoms with Gasteiger partial charge in [-0.2, -0.15) is 0 Å². The van der Waals surface area contributed by atoms with Gasteiger partial charge in [-0.05, 0) is 37.5 Å². The van der Waals surface area contributed by atoms with E-state index in [4.69, 9.17) is 9.15 Å². The van der Waals surface area contributed by atoms with Gasteiger partial charge in [-0.3, -0.25) is 4.79 Å². The van der Waals surface area contributed by atoms with Gasteiger partial charge in [0.15, 0.2) is 0 Å². The zero-order chi connectivity index (χ0) is 16.1. The van der Waals surface area contributed by atoms with Crippen molar-refractivity contribution >= 4 is 5.91 Å². The van der Waals surface area contributed by atoms with Crippen LogP contribution in [0.4, 0.5) is 0 Å². The van der Waals surface area contributed by atoms with Crippen molar-refractivity contribution in [1.29, 1.82) is 0 Å². The monoisotopic (exact) mass is 313 g/mol. The Kier molecular flexibility index (Phi) is 5.13. The number of rotatable bonds is 6. The molecule has 1 fully saturated rings. The summed E-state index contributed by atoms with van der Waals surface area (Å²) >= 11 is 0. The second kappa shape index (κ2) is 7.47. The Hall–Kier alpha value is -2.07. The van der Waals surface area contributed by atoms with Gasteiger partial charge in [0.05, 0.1) is 18.3 Å². The molecule has 0 saturated carbocycles. The maximum absolute atomic E-state index is 12.7. The quantitative estimate of drug-likeness (QED) is 0.891. The molecule has 0 aliphatic carbocycles. The molecule has 1 aliphatic rings. The van der Waals surface area contributed by atoms with Gasteiger partial charge in [0.25, 0.3) is 0 Å². The molecule has 0 spiro atoms. The molecule has 0 bridgehead atoms. The number of furan rings is 1. The van der Waals surface area contributed by atoms with E-state index < -0.39 is 0 Å². The molecule has 2 unspecified atom stereocenters. The summed E-state index contributed by atoms with van der Waals surface area (Å²) in [6.07, 6.45) is 4.46. The fourth-order valence-electron chi connectivity index (χ4n) is 2.93. The number of ether oxygens (including phenoxy) is 1. The number of carbonyl (C=O) groups excluding carboxylic acids is 1. The van der Waals surface area contributed by atoms with Crippen LogP contribution < -0.4 is 5.32 Å². The van der Waals surface area contributed by atoms with Crippen LogP contribution in [0.2, 0.25) is 0 Å². The van der Waals surface area contributed by atoms with E-state index in [2.05, 4.69) is 5.32 Å². The molecule has 122 valence electrons. The fraction of sp³-hybridized carbons (Fsp3) is 0.421. The lowest BCUT2D eigenvalue weighted by Gasteiger charge is -2.18. The van der Waals surface area contributed by atoms with Crippen molar-refractivity contribution in [2.24, 2.45) is 0 Å². The third kappa shape index (κ3) is 4.23. The number of benzene rings is 1. The van der Waals surface area contributed by atoms with Crippen molar-refractivity contribution in [1.82, 2.24) is 5.32 Å². The van der Waals surface area contributed by atoms with E-state index in [9.17, 15) is 4.79 Å². The first-order valence-corrected chi connectivity index (χ1v) is 8.20. The van der Waals surface area contributed by atoms with Crippen LogP contribution in [0, 0.1) is 6.92 Å². The normalized spacial score (nSPS) is 18.7. The molecule has 1 aromatic carbocycles. The zero-order valence-electron chi connectivity index (χ0n) is 13.5. The molecule has 1 aromatic heterocycles. The molecule has 3 rings (SSSR count). The summed E-state index contributed by atoms with van der Waals surface area (Å²) in [6.45, 7) is 3.43. The molecule has 0 radical (unpaired) electrons. The maximum Gasteiger partial charge on any atom is 0.228 e. The second-order valence-corrected chi connectivity index (χ2v) is 6.13. The first-order valence-electron chi connectivity index (χ1n) is 8.20. The summed E-state index contributed by atoms with van der Waals surface area (Å²) in [5.74, 6) is 0.603. The van der Waals surface area contributed by atoms with E-state index in [1.165, 1.54) is 5.56 Å². The van der Waals surface area contributed by atoms with Crippen molar-refractivity contribution in [2.75, 3.05) is 13.2 Å². The zero-order valence-corrected chi connectivity index (χ0v) is 13.5.